The molecule has 184 valence electrons. The van der Waals surface area contributed by atoms with E-state index in [4.69, 9.17) is 14.2 Å². The van der Waals surface area contributed by atoms with Crippen LogP contribution in [-0.4, -0.2) is 35.5 Å². The van der Waals surface area contributed by atoms with Crippen LogP contribution in [0.4, 0.5) is 0 Å². The first kappa shape index (κ1) is 24.5. The molecule has 3 aromatic rings. The molecule has 4 atom stereocenters. The summed E-state index contributed by atoms with van der Waals surface area (Å²) in [5.74, 6) is 0. The molecule has 4 nitrogen and oxygen atoms in total. The Labute approximate surface area is 212 Å². The maximum atomic E-state index is 11.3. The van der Waals surface area contributed by atoms with Crippen molar-refractivity contribution in [3.8, 4) is 0 Å². The summed E-state index contributed by atoms with van der Waals surface area (Å²) in [6, 6.07) is 23.3. The van der Waals surface area contributed by atoms with Crippen LogP contribution < -0.4 is 0 Å². The molecule has 2 aliphatic rings. The van der Waals surface area contributed by atoms with Gasteiger partial charge in [0.15, 0.2) is 0 Å². The van der Waals surface area contributed by atoms with E-state index in [0.717, 1.165) is 17.7 Å². The number of hydrogen-bond acceptors (Lipinski definition) is 5. The highest BCUT2D eigenvalue weighted by Crippen LogP contribution is 2.37. The van der Waals surface area contributed by atoms with Crippen molar-refractivity contribution < 1.29 is 19.3 Å². The third kappa shape index (κ3) is 5.82. The number of aliphatic hydroxyl groups excluding tert-OH is 1. The van der Waals surface area contributed by atoms with Gasteiger partial charge in [-0.15, -0.1) is 0 Å². The summed E-state index contributed by atoms with van der Waals surface area (Å²) in [5, 5.41) is 11.3. The molecular formula is C30H34O4S. The number of rotatable bonds is 2. The predicted molar refractivity (Wildman–Crippen MR) is 140 cm³/mol. The normalized spacial score (nSPS) is 25.2. The van der Waals surface area contributed by atoms with E-state index in [1.807, 2.05) is 0 Å². The zero-order valence-corrected chi connectivity index (χ0v) is 21.3. The topological polar surface area (TPSA) is 47.9 Å². The maximum absolute atomic E-state index is 11.3. The van der Waals surface area contributed by atoms with Gasteiger partial charge in [0.05, 0.1) is 32.0 Å². The van der Waals surface area contributed by atoms with Crippen LogP contribution in [0.1, 0.15) is 39.8 Å². The molecule has 35 heavy (non-hydrogen) atoms. The van der Waals surface area contributed by atoms with E-state index in [1.165, 1.54) is 33.4 Å². The van der Waals surface area contributed by atoms with Gasteiger partial charge in [0.25, 0.3) is 0 Å². The summed E-state index contributed by atoms with van der Waals surface area (Å²) in [6.07, 6.45) is 1.32. The third-order valence-corrected chi connectivity index (χ3v) is 8.54. The minimum Gasteiger partial charge on any atom is -0.387 e. The average molecular weight is 491 g/mol. The van der Waals surface area contributed by atoms with Crippen molar-refractivity contribution in [2.45, 2.75) is 75.0 Å². The number of hydrogen-bond donors (Lipinski definition) is 1. The highest BCUT2D eigenvalue weighted by Gasteiger charge is 2.39. The Hall–Kier alpha value is -2.15. The van der Waals surface area contributed by atoms with Gasteiger partial charge in [-0.05, 0) is 60.1 Å². The Kier molecular flexibility index (Phi) is 7.91. The zero-order chi connectivity index (χ0) is 24.2. The van der Waals surface area contributed by atoms with Crippen molar-refractivity contribution in [1.29, 1.82) is 0 Å². The monoisotopic (exact) mass is 490 g/mol. The number of thioether (sulfide) groups is 1. The second-order valence-electron chi connectivity index (χ2n) is 9.59. The number of benzene rings is 3. The molecule has 2 aliphatic heterocycles. The number of aliphatic hydroxyl groups is 1. The van der Waals surface area contributed by atoms with Crippen LogP contribution in [0, 0.1) is 13.8 Å². The Morgan fingerprint density at radius 2 is 1.37 bits per heavy atom. The van der Waals surface area contributed by atoms with Crippen molar-refractivity contribution in [3.05, 3.63) is 100 Å². The maximum Gasteiger partial charge on any atom is 0.136 e. The van der Waals surface area contributed by atoms with E-state index in [2.05, 4.69) is 80.6 Å². The lowest BCUT2D eigenvalue weighted by Gasteiger charge is -2.39. The Morgan fingerprint density at radius 3 is 2.03 bits per heavy atom. The molecule has 0 spiro atoms. The van der Waals surface area contributed by atoms with Crippen LogP contribution in [0.3, 0.4) is 0 Å². The second-order valence-corrected chi connectivity index (χ2v) is 10.7. The molecule has 3 aromatic carbocycles. The van der Waals surface area contributed by atoms with Crippen LogP contribution in [0.2, 0.25) is 0 Å². The molecule has 0 aliphatic carbocycles. The minimum absolute atomic E-state index is 0.143. The summed E-state index contributed by atoms with van der Waals surface area (Å²) in [5.41, 5.74) is 6.99. The Balaban J connectivity index is 1.41. The summed E-state index contributed by atoms with van der Waals surface area (Å²) >= 11 is 1.59. The second kappa shape index (κ2) is 11.3. The summed E-state index contributed by atoms with van der Waals surface area (Å²) < 4.78 is 19.0. The number of ether oxygens (including phenoxy) is 3. The molecule has 1 fully saturated rings. The summed E-state index contributed by atoms with van der Waals surface area (Å²) in [6.45, 7) is 5.72. The Bertz CT molecular complexity index is 1130. The van der Waals surface area contributed by atoms with Crippen LogP contribution in [0.25, 0.3) is 0 Å². The lowest BCUT2D eigenvalue weighted by molar-refractivity contribution is -0.172. The first-order chi connectivity index (χ1) is 17.1. The highest BCUT2D eigenvalue weighted by molar-refractivity contribution is 8.00. The summed E-state index contributed by atoms with van der Waals surface area (Å²) in [7, 11) is 0. The van der Waals surface area contributed by atoms with Gasteiger partial charge in [0.1, 0.15) is 11.5 Å². The molecule has 5 heteroatoms. The van der Waals surface area contributed by atoms with Crippen molar-refractivity contribution in [1.82, 2.24) is 0 Å². The fraction of sp³-hybridized carbons (Fsp3) is 0.400. The van der Waals surface area contributed by atoms with E-state index in [9.17, 15) is 5.11 Å². The van der Waals surface area contributed by atoms with Crippen LogP contribution in [0.5, 0.6) is 0 Å². The zero-order valence-electron chi connectivity index (χ0n) is 20.5. The molecule has 1 N–H and O–H groups in total. The van der Waals surface area contributed by atoms with Gasteiger partial charge in [-0.3, -0.25) is 0 Å². The van der Waals surface area contributed by atoms with E-state index in [-0.39, 0.29) is 12.2 Å². The molecule has 0 radical (unpaired) electrons. The fourth-order valence-electron chi connectivity index (χ4n) is 5.02. The number of fused-ring (bicyclic) bond motifs is 4. The van der Waals surface area contributed by atoms with Gasteiger partial charge in [-0.1, -0.05) is 78.5 Å². The SMILES string of the molecule is Cc1cccc(C)c1S[C@@H]1O[C@@H]2COCc3ccccc3CCc3ccccc3CO[C@@H](C2)[C@H]1O. The van der Waals surface area contributed by atoms with Crippen LogP contribution >= 0.6 is 11.8 Å². The molecule has 0 unspecified atom stereocenters. The lowest BCUT2D eigenvalue weighted by Crippen LogP contribution is -2.49. The lowest BCUT2D eigenvalue weighted by atomic mass is 9.97. The molecule has 0 saturated carbocycles. The van der Waals surface area contributed by atoms with Crippen molar-refractivity contribution in [2.24, 2.45) is 0 Å². The molecule has 0 aromatic heterocycles. The van der Waals surface area contributed by atoms with E-state index >= 15 is 0 Å². The molecular weight excluding hydrogens is 456 g/mol. The minimum atomic E-state index is -0.726. The van der Waals surface area contributed by atoms with Gasteiger partial charge in [-0.2, -0.15) is 0 Å². The van der Waals surface area contributed by atoms with Crippen molar-refractivity contribution >= 4 is 11.8 Å². The standard InChI is InChI=1S/C30H34O4S/c1-20-8-7-9-21(2)29(20)35-30-28(31)27-16-26(34-30)19-32-17-24-12-5-3-10-22(24)14-15-23-11-4-6-13-25(23)18-33-27/h3-13,26-28,30-31H,14-19H2,1-2H3/t26-,27-,28+,30-/m0/s1. The molecule has 1 saturated heterocycles. The van der Waals surface area contributed by atoms with Gasteiger partial charge >= 0.3 is 0 Å². The summed E-state index contributed by atoms with van der Waals surface area (Å²) in [4.78, 5) is 1.16. The van der Waals surface area contributed by atoms with E-state index in [0.29, 0.717) is 26.2 Å². The van der Waals surface area contributed by atoms with Gasteiger partial charge < -0.3 is 19.3 Å². The largest absolute Gasteiger partial charge is 0.387 e. The first-order valence-corrected chi connectivity index (χ1v) is 13.4. The average Bonchev–Trinajstić information content (AvgIpc) is 2.86. The quantitative estimate of drug-likeness (QED) is 0.494. The van der Waals surface area contributed by atoms with Crippen LogP contribution in [0.15, 0.2) is 71.6 Å². The molecule has 5 rings (SSSR count). The smallest absolute Gasteiger partial charge is 0.136 e. The third-order valence-electron chi connectivity index (χ3n) is 7.04. The predicted octanol–water partition coefficient (Wildman–Crippen LogP) is 5.77. The van der Waals surface area contributed by atoms with Crippen LogP contribution in [-0.2, 0) is 40.3 Å². The van der Waals surface area contributed by atoms with E-state index < -0.39 is 11.5 Å². The number of aryl methyl sites for hydroxylation is 4. The van der Waals surface area contributed by atoms with Crippen molar-refractivity contribution in [3.63, 3.8) is 0 Å². The first-order valence-electron chi connectivity index (χ1n) is 12.5. The Morgan fingerprint density at radius 1 is 0.771 bits per heavy atom. The molecule has 2 bridgehead atoms. The molecule has 0 amide bonds. The van der Waals surface area contributed by atoms with Gasteiger partial charge in [-0.25, -0.2) is 0 Å². The molecule has 2 heterocycles. The van der Waals surface area contributed by atoms with Gasteiger partial charge in [0, 0.05) is 11.3 Å². The highest BCUT2D eigenvalue weighted by atomic mass is 32.2. The van der Waals surface area contributed by atoms with E-state index in [1.54, 1.807) is 11.8 Å². The van der Waals surface area contributed by atoms with Crippen molar-refractivity contribution in [2.75, 3.05) is 6.61 Å². The van der Waals surface area contributed by atoms with Gasteiger partial charge in [0.2, 0.25) is 0 Å². The fourth-order valence-corrected chi connectivity index (χ4v) is 6.29.